The molecular weight excluding hydrogens is 372 g/mol. The van der Waals surface area contributed by atoms with E-state index in [0.29, 0.717) is 63.9 Å². The smallest absolute Gasteiger partial charge is 0.231 e. The van der Waals surface area contributed by atoms with Crippen molar-refractivity contribution in [1.82, 2.24) is 19.9 Å². The molecule has 1 aliphatic rings. The molecule has 0 unspecified atom stereocenters. The van der Waals surface area contributed by atoms with Crippen molar-refractivity contribution >= 4 is 17.8 Å². The summed E-state index contributed by atoms with van der Waals surface area (Å²) in [5.41, 5.74) is 6.30. The van der Waals surface area contributed by atoms with Crippen molar-refractivity contribution in [3.05, 3.63) is 30.1 Å². The van der Waals surface area contributed by atoms with Gasteiger partial charge in [-0.1, -0.05) is 6.07 Å². The number of rotatable bonds is 13. The Balaban J connectivity index is 1.53. The fourth-order valence-corrected chi connectivity index (χ4v) is 2.89. The zero-order chi connectivity index (χ0) is 20.2. The van der Waals surface area contributed by atoms with Crippen LogP contribution in [0.15, 0.2) is 24.4 Å². The van der Waals surface area contributed by atoms with Crippen molar-refractivity contribution in [2.24, 2.45) is 5.73 Å². The summed E-state index contributed by atoms with van der Waals surface area (Å²) >= 11 is 0. The van der Waals surface area contributed by atoms with E-state index in [2.05, 4.69) is 35.5 Å². The molecular formula is C19H30N8O2. The van der Waals surface area contributed by atoms with E-state index in [4.69, 9.17) is 15.2 Å². The average Bonchev–Trinajstić information content (AvgIpc) is 3.30. The summed E-state index contributed by atoms with van der Waals surface area (Å²) in [6, 6.07) is 5.82. The quantitative estimate of drug-likeness (QED) is 0.416. The molecule has 3 heterocycles. The first-order valence-electron chi connectivity index (χ1n) is 10.1. The maximum Gasteiger partial charge on any atom is 0.231 e. The molecule has 0 aromatic carbocycles. The van der Waals surface area contributed by atoms with Gasteiger partial charge in [0.25, 0.3) is 0 Å². The van der Waals surface area contributed by atoms with Gasteiger partial charge in [0.1, 0.15) is 0 Å². The van der Waals surface area contributed by atoms with E-state index in [1.54, 1.807) is 6.20 Å². The highest BCUT2D eigenvalue weighted by molar-refractivity contribution is 5.44. The van der Waals surface area contributed by atoms with Crippen molar-refractivity contribution in [1.29, 1.82) is 0 Å². The Kier molecular flexibility index (Phi) is 8.83. The van der Waals surface area contributed by atoms with Crippen LogP contribution in [0.5, 0.6) is 0 Å². The zero-order valence-electron chi connectivity index (χ0n) is 16.7. The van der Waals surface area contributed by atoms with Crippen LogP contribution in [0.2, 0.25) is 0 Å². The first kappa shape index (κ1) is 21.2. The number of nitrogens with zero attached hydrogens (tertiary/aromatic N) is 5. The minimum absolute atomic E-state index is 0.525. The number of pyridine rings is 1. The molecule has 3 rings (SSSR count). The van der Waals surface area contributed by atoms with Crippen LogP contribution in [0.1, 0.15) is 18.5 Å². The summed E-state index contributed by atoms with van der Waals surface area (Å²) in [5, 5.41) is 6.46. The molecule has 1 fully saturated rings. The first-order chi connectivity index (χ1) is 14.3. The third-order valence-electron chi connectivity index (χ3n) is 4.33. The van der Waals surface area contributed by atoms with Crippen LogP contribution in [0.4, 0.5) is 17.8 Å². The van der Waals surface area contributed by atoms with Gasteiger partial charge in [0.2, 0.25) is 17.8 Å². The molecule has 0 atom stereocenters. The van der Waals surface area contributed by atoms with E-state index < -0.39 is 0 Å². The molecule has 2 aromatic heterocycles. The Morgan fingerprint density at radius 1 is 0.931 bits per heavy atom. The summed E-state index contributed by atoms with van der Waals surface area (Å²) in [6.45, 7) is 5.78. The predicted molar refractivity (Wildman–Crippen MR) is 112 cm³/mol. The summed E-state index contributed by atoms with van der Waals surface area (Å²) in [7, 11) is 0. The van der Waals surface area contributed by atoms with Gasteiger partial charge < -0.3 is 30.7 Å². The fourth-order valence-electron chi connectivity index (χ4n) is 2.89. The van der Waals surface area contributed by atoms with Gasteiger partial charge >= 0.3 is 0 Å². The number of hydrogen-bond acceptors (Lipinski definition) is 10. The van der Waals surface area contributed by atoms with Crippen LogP contribution in [0.25, 0.3) is 0 Å². The SMILES string of the molecule is NCCOCCOCCNc1nc(NCc2ccccn2)nc(N2CCCC2)n1. The van der Waals surface area contributed by atoms with E-state index >= 15 is 0 Å². The van der Waals surface area contributed by atoms with Crippen molar-refractivity contribution in [3.8, 4) is 0 Å². The molecule has 0 amide bonds. The largest absolute Gasteiger partial charge is 0.378 e. The topological polar surface area (TPSA) is 123 Å². The molecule has 0 spiro atoms. The van der Waals surface area contributed by atoms with E-state index in [1.807, 2.05) is 18.2 Å². The Hall–Kier alpha value is -2.56. The van der Waals surface area contributed by atoms with E-state index in [-0.39, 0.29) is 0 Å². The second-order valence-electron chi connectivity index (χ2n) is 6.59. The van der Waals surface area contributed by atoms with Gasteiger partial charge in [-0.2, -0.15) is 15.0 Å². The van der Waals surface area contributed by atoms with Crippen molar-refractivity contribution in [2.45, 2.75) is 19.4 Å². The molecule has 2 aromatic rings. The molecule has 1 aliphatic heterocycles. The van der Waals surface area contributed by atoms with E-state index in [1.165, 1.54) is 0 Å². The lowest BCUT2D eigenvalue weighted by molar-refractivity contribution is 0.0547. The average molecular weight is 403 g/mol. The highest BCUT2D eigenvalue weighted by Gasteiger charge is 2.17. The molecule has 4 N–H and O–H groups in total. The molecule has 0 bridgehead atoms. The fraction of sp³-hybridized carbons (Fsp3) is 0.579. The molecule has 0 radical (unpaired) electrons. The maximum atomic E-state index is 5.53. The number of anilines is 3. The van der Waals surface area contributed by atoms with E-state index in [0.717, 1.165) is 31.6 Å². The molecule has 10 nitrogen and oxygen atoms in total. The van der Waals surface area contributed by atoms with Crippen molar-refractivity contribution < 1.29 is 9.47 Å². The van der Waals surface area contributed by atoms with Gasteiger partial charge in [-0.15, -0.1) is 0 Å². The molecule has 1 saturated heterocycles. The van der Waals surface area contributed by atoms with Gasteiger partial charge in [-0.25, -0.2) is 0 Å². The summed E-state index contributed by atoms with van der Waals surface area (Å²) in [5.74, 6) is 1.76. The lowest BCUT2D eigenvalue weighted by Crippen LogP contribution is -2.23. The Labute approximate surface area is 171 Å². The molecule has 0 aliphatic carbocycles. The number of aromatic nitrogens is 4. The second kappa shape index (κ2) is 12.1. The number of nitrogens with two attached hydrogens (primary N) is 1. The first-order valence-corrected chi connectivity index (χ1v) is 10.1. The van der Waals surface area contributed by atoms with E-state index in [9.17, 15) is 0 Å². The summed E-state index contributed by atoms with van der Waals surface area (Å²) in [4.78, 5) is 20.1. The summed E-state index contributed by atoms with van der Waals surface area (Å²) < 4.78 is 10.8. The lowest BCUT2D eigenvalue weighted by Gasteiger charge is -2.17. The van der Waals surface area contributed by atoms with Gasteiger partial charge in [-0.3, -0.25) is 4.98 Å². The number of nitrogens with one attached hydrogen (secondary N) is 2. The van der Waals surface area contributed by atoms with Crippen LogP contribution >= 0.6 is 0 Å². The van der Waals surface area contributed by atoms with Crippen LogP contribution in [-0.2, 0) is 16.0 Å². The van der Waals surface area contributed by atoms with Crippen molar-refractivity contribution in [3.63, 3.8) is 0 Å². The maximum absolute atomic E-state index is 5.53. The third kappa shape index (κ3) is 7.41. The standard InChI is InChI=1S/C19H30N8O2/c20-6-11-28-13-14-29-12-8-22-17-24-18(23-15-16-5-1-2-7-21-16)26-19(25-17)27-9-3-4-10-27/h1-2,5,7H,3-4,6,8-15,20H2,(H2,22,23,24,25,26). The van der Waals surface area contributed by atoms with Gasteiger partial charge in [0.15, 0.2) is 0 Å². The molecule has 29 heavy (non-hydrogen) atoms. The summed E-state index contributed by atoms with van der Waals surface area (Å²) in [6.07, 6.45) is 4.09. The van der Waals surface area contributed by atoms with Gasteiger partial charge in [0, 0.05) is 32.4 Å². The van der Waals surface area contributed by atoms with Crippen LogP contribution in [-0.4, -0.2) is 72.5 Å². The Morgan fingerprint density at radius 2 is 1.69 bits per heavy atom. The highest BCUT2D eigenvalue weighted by atomic mass is 16.5. The predicted octanol–water partition coefficient (Wildman–Crippen LogP) is 0.883. The molecule has 10 heteroatoms. The van der Waals surface area contributed by atoms with Gasteiger partial charge in [-0.05, 0) is 25.0 Å². The number of hydrogen-bond donors (Lipinski definition) is 3. The van der Waals surface area contributed by atoms with Crippen molar-refractivity contribution in [2.75, 3.05) is 68.1 Å². The normalized spacial score (nSPS) is 13.6. The Bertz CT molecular complexity index is 713. The highest BCUT2D eigenvalue weighted by Crippen LogP contribution is 2.18. The minimum atomic E-state index is 0.525. The van der Waals surface area contributed by atoms with Gasteiger partial charge in [0.05, 0.1) is 38.7 Å². The molecule has 158 valence electrons. The molecule has 0 saturated carbocycles. The van der Waals surface area contributed by atoms with Crippen LogP contribution in [0.3, 0.4) is 0 Å². The lowest BCUT2D eigenvalue weighted by atomic mass is 10.3. The second-order valence-corrected chi connectivity index (χ2v) is 6.59. The van der Waals surface area contributed by atoms with Crippen LogP contribution in [0, 0.1) is 0 Å². The Morgan fingerprint density at radius 3 is 2.41 bits per heavy atom. The third-order valence-corrected chi connectivity index (χ3v) is 4.33. The number of ether oxygens (including phenoxy) is 2. The zero-order valence-corrected chi connectivity index (χ0v) is 16.7. The minimum Gasteiger partial charge on any atom is -0.378 e. The monoisotopic (exact) mass is 402 g/mol. The van der Waals surface area contributed by atoms with Crippen LogP contribution < -0.4 is 21.3 Å².